The second kappa shape index (κ2) is 7.40. The number of nitrogens with zero attached hydrogens (tertiary/aromatic N) is 2. The standard InChI is InChI=1S/C18H23F3N4O2/c1-14-13-17(27,18(19,20)21)25(22-14)16(26)7-8-23-9-11-24(12-10-23)15-5-3-2-4-6-15/h2-6,13,22,27H,7-12H2,1H3/p+1/t17-/m0/s1. The summed E-state index contributed by atoms with van der Waals surface area (Å²) in [5, 5.41) is 10.2. The Hall–Kier alpha value is -2.26. The number of piperazine rings is 1. The molecule has 2 heterocycles. The number of carbonyl (C=O) groups is 1. The molecule has 0 aliphatic carbocycles. The van der Waals surface area contributed by atoms with Crippen molar-refractivity contribution >= 4 is 11.6 Å². The van der Waals surface area contributed by atoms with E-state index in [-0.39, 0.29) is 12.1 Å². The largest absolute Gasteiger partial charge is 0.442 e. The maximum atomic E-state index is 13.2. The molecule has 1 fully saturated rings. The summed E-state index contributed by atoms with van der Waals surface area (Å²) in [5.41, 5.74) is 0.262. The van der Waals surface area contributed by atoms with Gasteiger partial charge in [-0.05, 0) is 25.1 Å². The number of hydrazine groups is 1. The van der Waals surface area contributed by atoms with E-state index in [1.807, 2.05) is 30.3 Å². The molecule has 2 aliphatic rings. The molecule has 0 radical (unpaired) electrons. The molecule has 1 atom stereocenters. The third kappa shape index (κ3) is 4.03. The molecule has 0 aromatic heterocycles. The van der Waals surface area contributed by atoms with E-state index in [1.165, 1.54) is 6.92 Å². The number of benzene rings is 1. The average Bonchev–Trinajstić information content (AvgIpc) is 2.96. The quantitative estimate of drug-likeness (QED) is 0.697. The van der Waals surface area contributed by atoms with Gasteiger partial charge in [-0.1, -0.05) is 18.2 Å². The summed E-state index contributed by atoms with van der Waals surface area (Å²) in [6, 6.07) is 10.0. The van der Waals surface area contributed by atoms with Gasteiger partial charge in [-0.15, -0.1) is 0 Å². The zero-order valence-corrected chi connectivity index (χ0v) is 15.1. The van der Waals surface area contributed by atoms with Crippen LogP contribution in [0.2, 0.25) is 0 Å². The monoisotopic (exact) mass is 385 g/mol. The number of alkyl halides is 3. The Kier molecular flexibility index (Phi) is 5.34. The van der Waals surface area contributed by atoms with E-state index < -0.39 is 17.8 Å². The molecule has 3 N–H and O–H groups in total. The highest BCUT2D eigenvalue weighted by molar-refractivity contribution is 5.77. The molecule has 0 spiro atoms. The highest BCUT2D eigenvalue weighted by Crippen LogP contribution is 2.37. The molecule has 1 aromatic rings. The number of anilines is 1. The van der Waals surface area contributed by atoms with Crippen LogP contribution < -0.4 is 15.2 Å². The van der Waals surface area contributed by atoms with Gasteiger partial charge in [0.25, 0.3) is 5.72 Å². The predicted molar refractivity (Wildman–Crippen MR) is 93.6 cm³/mol. The smallest absolute Gasteiger partial charge is 0.360 e. The number of halogens is 3. The van der Waals surface area contributed by atoms with Crippen LogP contribution in [-0.4, -0.2) is 60.6 Å². The molecule has 0 unspecified atom stereocenters. The number of amides is 1. The van der Waals surface area contributed by atoms with Crippen molar-refractivity contribution in [3.63, 3.8) is 0 Å². The molecule has 27 heavy (non-hydrogen) atoms. The van der Waals surface area contributed by atoms with Gasteiger partial charge in [0.15, 0.2) is 0 Å². The van der Waals surface area contributed by atoms with E-state index in [9.17, 15) is 23.1 Å². The van der Waals surface area contributed by atoms with Crippen LogP contribution in [-0.2, 0) is 4.79 Å². The Morgan fingerprint density at radius 1 is 1.26 bits per heavy atom. The molecular weight excluding hydrogens is 361 g/mol. The van der Waals surface area contributed by atoms with Gasteiger partial charge in [0, 0.05) is 11.4 Å². The molecular formula is C18H24F3N4O2+. The molecule has 1 aromatic carbocycles. The zero-order valence-electron chi connectivity index (χ0n) is 15.1. The first-order valence-electron chi connectivity index (χ1n) is 8.92. The lowest BCUT2D eigenvalue weighted by molar-refractivity contribution is -0.900. The minimum absolute atomic E-state index is 0.0762. The summed E-state index contributed by atoms with van der Waals surface area (Å²) in [5.74, 6) is -0.777. The molecule has 148 valence electrons. The number of carbonyl (C=O) groups excluding carboxylic acids is 1. The minimum Gasteiger partial charge on any atom is -0.360 e. The second-order valence-electron chi connectivity index (χ2n) is 6.96. The fourth-order valence-corrected chi connectivity index (χ4v) is 3.49. The van der Waals surface area contributed by atoms with Gasteiger partial charge in [-0.25, -0.2) is 5.01 Å². The van der Waals surface area contributed by atoms with Crippen LogP contribution in [0.15, 0.2) is 42.1 Å². The first-order chi connectivity index (χ1) is 12.7. The number of nitrogens with one attached hydrogen (secondary N) is 2. The molecule has 0 bridgehead atoms. The molecule has 9 heteroatoms. The first-order valence-corrected chi connectivity index (χ1v) is 8.92. The topological polar surface area (TPSA) is 60.2 Å². The summed E-state index contributed by atoms with van der Waals surface area (Å²) < 4.78 is 39.6. The van der Waals surface area contributed by atoms with Crippen LogP contribution >= 0.6 is 0 Å². The number of allylic oxidation sites excluding steroid dienone is 1. The third-order valence-corrected chi connectivity index (χ3v) is 5.00. The Morgan fingerprint density at radius 3 is 2.48 bits per heavy atom. The molecule has 1 saturated heterocycles. The Morgan fingerprint density at radius 2 is 1.89 bits per heavy atom. The van der Waals surface area contributed by atoms with Crippen LogP contribution in [0.3, 0.4) is 0 Å². The summed E-state index contributed by atoms with van der Waals surface area (Å²) in [4.78, 5) is 15.7. The van der Waals surface area contributed by atoms with Crippen molar-refractivity contribution in [2.45, 2.75) is 25.2 Å². The van der Waals surface area contributed by atoms with E-state index in [1.54, 1.807) is 0 Å². The summed E-state index contributed by atoms with van der Waals surface area (Å²) >= 11 is 0. The van der Waals surface area contributed by atoms with Gasteiger partial charge >= 0.3 is 6.18 Å². The number of quaternary nitrogens is 1. The van der Waals surface area contributed by atoms with Crippen molar-refractivity contribution < 1.29 is 28.0 Å². The third-order valence-electron chi connectivity index (χ3n) is 5.00. The molecule has 3 rings (SSSR count). The van der Waals surface area contributed by atoms with Gasteiger partial charge in [-0.3, -0.25) is 10.2 Å². The van der Waals surface area contributed by atoms with Crippen molar-refractivity contribution in [2.75, 3.05) is 37.6 Å². The highest BCUT2D eigenvalue weighted by atomic mass is 19.4. The molecule has 0 saturated carbocycles. The Bertz CT molecular complexity index is 702. The van der Waals surface area contributed by atoms with Crippen LogP contribution in [0, 0.1) is 0 Å². The van der Waals surface area contributed by atoms with Crippen LogP contribution in [0.1, 0.15) is 13.3 Å². The number of para-hydroxylation sites is 1. The number of hydrogen-bond donors (Lipinski definition) is 3. The average molecular weight is 385 g/mol. The minimum atomic E-state index is -4.97. The fourth-order valence-electron chi connectivity index (χ4n) is 3.49. The van der Waals surface area contributed by atoms with Crippen molar-refractivity contribution in [1.82, 2.24) is 10.4 Å². The van der Waals surface area contributed by atoms with E-state index >= 15 is 0 Å². The lowest BCUT2D eigenvalue weighted by Gasteiger charge is -2.35. The van der Waals surface area contributed by atoms with Crippen LogP contribution in [0.25, 0.3) is 0 Å². The van der Waals surface area contributed by atoms with Crippen molar-refractivity contribution in [2.24, 2.45) is 0 Å². The maximum Gasteiger partial charge on any atom is 0.442 e. The highest BCUT2D eigenvalue weighted by Gasteiger charge is 2.61. The van der Waals surface area contributed by atoms with Crippen molar-refractivity contribution in [1.29, 1.82) is 0 Å². The normalized spacial score (nSPS) is 24.0. The van der Waals surface area contributed by atoms with E-state index in [4.69, 9.17) is 0 Å². The SMILES string of the molecule is CC1=C[C@](O)(C(F)(F)F)N(C(=O)CC[NH+]2CCN(c3ccccc3)CC2)N1. The maximum absolute atomic E-state index is 13.2. The number of rotatable bonds is 4. The van der Waals surface area contributed by atoms with Gasteiger partial charge in [0.1, 0.15) is 0 Å². The van der Waals surface area contributed by atoms with Gasteiger partial charge < -0.3 is 14.9 Å². The summed E-state index contributed by atoms with van der Waals surface area (Å²) in [7, 11) is 0. The summed E-state index contributed by atoms with van der Waals surface area (Å²) in [6.07, 6.45) is -4.43. The van der Waals surface area contributed by atoms with E-state index in [0.29, 0.717) is 17.6 Å². The second-order valence-corrected chi connectivity index (χ2v) is 6.96. The first kappa shape index (κ1) is 19.5. The number of aliphatic hydroxyl groups is 1. The van der Waals surface area contributed by atoms with Crippen LogP contribution in [0.4, 0.5) is 18.9 Å². The van der Waals surface area contributed by atoms with Crippen molar-refractivity contribution in [3.8, 4) is 0 Å². The van der Waals surface area contributed by atoms with E-state index in [0.717, 1.165) is 36.8 Å². The van der Waals surface area contributed by atoms with Gasteiger partial charge in [0.2, 0.25) is 5.91 Å². The zero-order chi connectivity index (χ0) is 19.7. The Balaban J connectivity index is 1.52. The van der Waals surface area contributed by atoms with Gasteiger partial charge in [-0.2, -0.15) is 13.2 Å². The molecule has 6 nitrogen and oxygen atoms in total. The fraction of sp³-hybridized carbons (Fsp3) is 0.500. The Labute approximate surface area is 155 Å². The van der Waals surface area contributed by atoms with Gasteiger partial charge in [0.05, 0.1) is 39.1 Å². The molecule has 2 aliphatic heterocycles. The van der Waals surface area contributed by atoms with Crippen LogP contribution in [0.5, 0.6) is 0 Å². The summed E-state index contributed by atoms with van der Waals surface area (Å²) in [6.45, 7) is 5.04. The predicted octanol–water partition coefficient (Wildman–Crippen LogP) is 0.283. The van der Waals surface area contributed by atoms with Crippen molar-refractivity contribution in [3.05, 3.63) is 42.1 Å². The number of hydrogen-bond acceptors (Lipinski definition) is 4. The lowest BCUT2D eigenvalue weighted by atomic mass is 10.1. The van der Waals surface area contributed by atoms with E-state index in [2.05, 4.69) is 10.3 Å². The molecule has 1 amide bonds. The lowest BCUT2D eigenvalue weighted by Crippen LogP contribution is -3.15.